The van der Waals surface area contributed by atoms with Gasteiger partial charge in [-0.1, -0.05) is 26.7 Å². The molecule has 1 heterocycles. The SMILES string of the molecule is CCc1cc(C#N)cc(CC)c1NC(=O)NSc1ncc(C2(O)CCCC2)s1. The molecule has 6 nitrogen and oxygen atoms in total. The van der Waals surface area contributed by atoms with E-state index in [1.807, 2.05) is 26.0 Å². The van der Waals surface area contributed by atoms with Crippen LogP contribution in [0.2, 0.25) is 0 Å². The van der Waals surface area contributed by atoms with Gasteiger partial charge in [-0.2, -0.15) is 5.26 Å². The van der Waals surface area contributed by atoms with E-state index in [1.54, 1.807) is 6.20 Å². The van der Waals surface area contributed by atoms with Crippen molar-refractivity contribution in [2.75, 3.05) is 5.32 Å². The number of carbonyl (C=O) groups excluding carboxylic acids is 1. The van der Waals surface area contributed by atoms with E-state index in [9.17, 15) is 15.2 Å². The van der Waals surface area contributed by atoms with Crippen molar-refractivity contribution < 1.29 is 9.90 Å². The van der Waals surface area contributed by atoms with Gasteiger partial charge in [0.05, 0.1) is 16.5 Å². The molecule has 148 valence electrons. The van der Waals surface area contributed by atoms with Crippen LogP contribution < -0.4 is 10.0 Å². The van der Waals surface area contributed by atoms with Crippen molar-refractivity contribution in [3.8, 4) is 6.07 Å². The number of hydrogen-bond acceptors (Lipinski definition) is 6. The van der Waals surface area contributed by atoms with E-state index in [0.29, 0.717) is 9.90 Å². The number of amides is 2. The molecule has 8 heteroatoms. The average Bonchev–Trinajstić information content (AvgIpc) is 3.36. The molecule has 2 amide bonds. The second kappa shape index (κ2) is 8.95. The fourth-order valence-corrected chi connectivity index (χ4v) is 5.20. The van der Waals surface area contributed by atoms with Crippen LogP contribution in [0.1, 0.15) is 61.1 Å². The van der Waals surface area contributed by atoms with Crippen molar-refractivity contribution in [1.29, 1.82) is 5.26 Å². The number of anilines is 1. The highest BCUT2D eigenvalue weighted by Crippen LogP contribution is 2.42. The quantitative estimate of drug-likeness (QED) is 0.591. The van der Waals surface area contributed by atoms with Crippen LogP contribution in [0.15, 0.2) is 22.7 Å². The summed E-state index contributed by atoms with van der Waals surface area (Å²) in [6.45, 7) is 4.00. The molecule has 28 heavy (non-hydrogen) atoms. The minimum atomic E-state index is -0.757. The smallest absolute Gasteiger partial charge is 0.329 e. The van der Waals surface area contributed by atoms with E-state index in [2.05, 4.69) is 21.1 Å². The van der Waals surface area contributed by atoms with E-state index < -0.39 is 5.60 Å². The van der Waals surface area contributed by atoms with E-state index in [-0.39, 0.29) is 6.03 Å². The van der Waals surface area contributed by atoms with E-state index >= 15 is 0 Å². The minimum Gasteiger partial charge on any atom is -0.384 e. The molecule has 2 aromatic rings. The van der Waals surface area contributed by atoms with Crippen LogP contribution in [0.5, 0.6) is 0 Å². The Kier molecular flexibility index (Phi) is 6.60. The number of hydrogen-bond donors (Lipinski definition) is 3. The number of thiazole rings is 1. The molecule has 0 bridgehead atoms. The summed E-state index contributed by atoms with van der Waals surface area (Å²) in [6, 6.07) is 5.47. The largest absolute Gasteiger partial charge is 0.384 e. The number of carbonyl (C=O) groups is 1. The van der Waals surface area contributed by atoms with Crippen molar-refractivity contribution in [3.63, 3.8) is 0 Å². The molecule has 1 aromatic carbocycles. The Morgan fingerprint density at radius 3 is 2.54 bits per heavy atom. The second-order valence-corrected chi connectivity index (χ2v) is 8.96. The first-order chi connectivity index (χ1) is 13.5. The molecule has 1 saturated carbocycles. The van der Waals surface area contributed by atoms with Gasteiger partial charge in [0.25, 0.3) is 0 Å². The first-order valence-electron chi connectivity index (χ1n) is 9.47. The molecule has 3 N–H and O–H groups in total. The lowest BCUT2D eigenvalue weighted by Crippen LogP contribution is -2.24. The third-order valence-corrected chi connectivity index (χ3v) is 7.09. The Hall–Kier alpha value is -2.08. The number of aromatic nitrogens is 1. The van der Waals surface area contributed by atoms with Gasteiger partial charge in [-0.05, 0) is 48.9 Å². The topological polar surface area (TPSA) is 98.0 Å². The Morgan fingerprint density at radius 2 is 1.96 bits per heavy atom. The predicted molar refractivity (Wildman–Crippen MR) is 112 cm³/mol. The maximum absolute atomic E-state index is 12.4. The Balaban J connectivity index is 1.65. The summed E-state index contributed by atoms with van der Waals surface area (Å²) < 4.78 is 3.45. The third-order valence-electron chi connectivity index (χ3n) is 5.04. The van der Waals surface area contributed by atoms with Crippen LogP contribution in [0, 0.1) is 11.3 Å². The summed E-state index contributed by atoms with van der Waals surface area (Å²) in [5.41, 5.74) is 2.50. The summed E-state index contributed by atoms with van der Waals surface area (Å²) in [4.78, 5) is 17.6. The van der Waals surface area contributed by atoms with Crippen LogP contribution in [0.25, 0.3) is 0 Å². The summed E-state index contributed by atoms with van der Waals surface area (Å²) >= 11 is 2.56. The molecule has 1 fully saturated rings. The lowest BCUT2D eigenvalue weighted by Gasteiger charge is -2.19. The van der Waals surface area contributed by atoms with Gasteiger partial charge in [-0.25, -0.2) is 9.78 Å². The van der Waals surface area contributed by atoms with E-state index in [4.69, 9.17) is 0 Å². The van der Waals surface area contributed by atoms with E-state index in [1.165, 1.54) is 11.3 Å². The maximum atomic E-state index is 12.4. The molecule has 1 aliphatic rings. The molecule has 0 aliphatic heterocycles. The van der Waals surface area contributed by atoms with Crippen molar-refractivity contribution in [3.05, 3.63) is 39.9 Å². The van der Waals surface area contributed by atoms with Crippen molar-refractivity contribution >= 4 is 35.0 Å². The highest BCUT2D eigenvalue weighted by atomic mass is 32.2. The van der Waals surface area contributed by atoms with E-state index in [0.717, 1.165) is 72.2 Å². The Morgan fingerprint density at radius 1 is 1.32 bits per heavy atom. The number of nitrogens with zero attached hydrogens (tertiary/aromatic N) is 2. The molecule has 0 unspecified atom stereocenters. The molecule has 3 rings (SSSR count). The van der Waals surface area contributed by atoms with Crippen LogP contribution in [-0.2, 0) is 18.4 Å². The van der Waals surface area contributed by atoms with Gasteiger partial charge in [-0.15, -0.1) is 11.3 Å². The highest BCUT2D eigenvalue weighted by molar-refractivity contribution is 7.99. The van der Waals surface area contributed by atoms with Crippen LogP contribution >= 0.6 is 23.3 Å². The minimum absolute atomic E-state index is 0.338. The Labute approximate surface area is 173 Å². The van der Waals surface area contributed by atoms with Crippen LogP contribution in [0.4, 0.5) is 10.5 Å². The van der Waals surface area contributed by atoms with Gasteiger partial charge < -0.3 is 10.4 Å². The number of aryl methyl sites for hydroxylation is 2. The molecule has 0 atom stereocenters. The zero-order valence-corrected chi connectivity index (χ0v) is 17.7. The molecule has 0 saturated heterocycles. The molecule has 0 spiro atoms. The van der Waals surface area contributed by atoms with Crippen molar-refractivity contribution in [2.24, 2.45) is 0 Å². The number of nitriles is 1. The monoisotopic (exact) mass is 416 g/mol. The molecule has 1 aliphatic carbocycles. The van der Waals surface area contributed by atoms with Gasteiger partial charge in [0.15, 0.2) is 4.34 Å². The summed E-state index contributed by atoms with van der Waals surface area (Å²) in [6.07, 6.45) is 6.75. The van der Waals surface area contributed by atoms with Gasteiger partial charge in [0.1, 0.15) is 5.60 Å². The lowest BCUT2D eigenvalue weighted by molar-refractivity contribution is 0.0481. The highest BCUT2D eigenvalue weighted by Gasteiger charge is 2.35. The fourth-order valence-electron chi connectivity index (χ4n) is 3.51. The molecular weight excluding hydrogens is 392 g/mol. The lowest BCUT2D eigenvalue weighted by atomic mass is 9.99. The zero-order chi connectivity index (χ0) is 20.1. The molecular formula is C20H24N4O2S2. The third kappa shape index (κ3) is 4.49. The zero-order valence-electron chi connectivity index (χ0n) is 16.0. The Bertz CT molecular complexity index is 873. The predicted octanol–water partition coefficient (Wildman–Crippen LogP) is 4.73. The maximum Gasteiger partial charge on any atom is 0.329 e. The summed E-state index contributed by atoms with van der Waals surface area (Å²) in [5, 5.41) is 22.7. The van der Waals surface area contributed by atoms with Gasteiger partial charge in [0, 0.05) is 23.8 Å². The summed E-state index contributed by atoms with van der Waals surface area (Å²) in [5.74, 6) is 0. The summed E-state index contributed by atoms with van der Waals surface area (Å²) in [7, 11) is 0. The number of aliphatic hydroxyl groups is 1. The van der Waals surface area contributed by atoms with Crippen LogP contribution in [0.3, 0.4) is 0 Å². The fraction of sp³-hybridized carbons (Fsp3) is 0.450. The second-order valence-electron chi connectivity index (χ2n) is 6.88. The number of urea groups is 1. The number of nitrogens with one attached hydrogen (secondary N) is 2. The molecule has 0 radical (unpaired) electrons. The van der Waals surface area contributed by atoms with Gasteiger partial charge >= 0.3 is 6.03 Å². The standard InChI is InChI=1S/C20H24N4O2S2/c1-3-14-9-13(11-21)10-15(4-2)17(14)23-18(25)24-28-19-22-12-16(27-19)20(26)7-5-6-8-20/h9-10,12,26H,3-8H2,1-2H3,(H2,23,24,25). The van der Waals surface area contributed by atoms with Crippen molar-refractivity contribution in [1.82, 2.24) is 9.71 Å². The van der Waals surface area contributed by atoms with Gasteiger partial charge in [-0.3, -0.25) is 4.72 Å². The first kappa shape index (κ1) is 20.6. The normalized spacial score (nSPS) is 15.2. The van der Waals surface area contributed by atoms with Crippen molar-refractivity contribution in [2.45, 2.75) is 62.3 Å². The average molecular weight is 417 g/mol. The molecule has 1 aromatic heterocycles. The van der Waals surface area contributed by atoms with Gasteiger partial charge in [0.2, 0.25) is 0 Å². The van der Waals surface area contributed by atoms with Crippen LogP contribution in [-0.4, -0.2) is 16.1 Å². The number of rotatable bonds is 6. The first-order valence-corrected chi connectivity index (χ1v) is 11.1. The number of benzene rings is 1.